The molecule has 1 aliphatic heterocycles. The summed E-state index contributed by atoms with van der Waals surface area (Å²) in [6, 6.07) is 7.32. The molecule has 6 heteroatoms. The van der Waals surface area contributed by atoms with Crippen LogP contribution in [0.1, 0.15) is 10.6 Å². The van der Waals surface area contributed by atoms with Crippen LogP contribution in [-0.2, 0) is 32.7 Å². The van der Waals surface area contributed by atoms with Gasteiger partial charge in [0.25, 0.3) is 0 Å². The third kappa shape index (κ3) is 2.99. The van der Waals surface area contributed by atoms with E-state index in [0.717, 1.165) is 37.3 Å². The summed E-state index contributed by atoms with van der Waals surface area (Å²) in [7, 11) is 0. The quantitative estimate of drug-likeness (QED) is 0.915. The summed E-state index contributed by atoms with van der Waals surface area (Å²) in [6.07, 6.45) is 0. The zero-order chi connectivity index (χ0) is 12.5. The van der Waals surface area contributed by atoms with Crippen LogP contribution >= 0.6 is 0 Å². The van der Waals surface area contributed by atoms with E-state index < -0.39 is 5.97 Å². The summed E-state index contributed by atoms with van der Waals surface area (Å²) in [4.78, 5) is 13.1. The van der Waals surface area contributed by atoms with Gasteiger partial charge in [-0.15, -0.1) is 13.1 Å². The summed E-state index contributed by atoms with van der Waals surface area (Å²) in [5.41, 5.74) is 1.70. The number of carboxylic acid groups (broad SMARTS) is 1. The Kier molecular flexibility index (Phi) is 4.60. The number of fused-ring (bicyclic) bond motifs is 1. The van der Waals surface area contributed by atoms with Crippen molar-refractivity contribution in [1.29, 1.82) is 0 Å². The van der Waals surface area contributed by atoms with Crippen molar-refractivity contribution in [2.45, 2.75) is 0 Å². The summed E-state index contributed by atoms with van der Waals surface area (Å²) in [5, 5.41) is 14.0. The molecular weight excluding hydrogens is 321 g/mol. The maximum atomic E-state index is 10.8. The van der Waals surface area contributed by atoms with Gasteiger partial charge in [-0.1, -0.05) is 0 Å². The van der Waals surface area contributed by atoms with Gasteiger partial charge in [0, 0.05) is 43.8 Å². The second kappa shape index (κ2) is 6.03. The van der Waals surface area contributed by atoms with Crippen LogP contribution in [0.4, 0.5) is 5.69 Å². The number of hydrogen-bond acceptors (Lipinski definition) is 3. The number of nitrogens with zero attached hydrogens (tertiary/aromatic N) is 2. The molecular formula is C13H13N2O3Y-. The molecule has 0 amide bonds. The van der Waals surface area contributed by atoms with Gasteiger partial charge >= 0.3 is 5.97 Å². The second-order valence-electron chi connectivity index (χ2n) is 4.30. The number of carbonyl (C=O) groups is 1. The summed E-state index contributed by atoms with van der Waals surface area (Å²) >= 11 is 0. The largest absolute Gasteiger partial charge is 0.659 e. The van der Waals surface area contributed by atoms with Crippen molar-refractivity contribution in [3.05, 3.63) is 35.3 Å². The number of benzene rings is 1. The Bertz CT molecular complexity index is 591. The Labute approximate surface area is 135 Å². The molecule has 1 aliphatic rings. The molecule has 0 atom stereocenters. The van der Waals surface area contributed by atoms with Gasteiger partial charge in [0.15, 0.2) is 0 Å². The van der Waals surface area contributed by atoms with Crippen molar-refractivity contribution in [1.82, 2.24) is 0 Å². The topological polar surface area (TPSA) is 67.8 Å². The number of furan rings is 1. The number of piperazine rings is 1. The van der Waals surface area contributed by atoms with Crippen molar-refractivity contribution < 1.29 is 47.0 Å². The fraction of sp³-hybridized carbons (Fsp3) is 0.308. The SMILES string of the molecule is O=C(O)c1cc2cc(N3CC[N-]CC3)ccc2o1.[Y]. The molecule has 1 aromatic heterocycles. The van der Waals surface area contributed by atoms with Crippen LogP contribution in [0.25, 0.3) is 16.3 Å². The summed E-state index contributed by atoms with van der Waals surface area (Å²) in [5.74, 6) is -1.06. The van der Waals surface area contributed by atoms with E-state index in [9.17, 15) is 4.79 Å². The number of aromatic carboxylic acids is 1. The molecule has 0 unspecified atom stereocenters. The predicted octanol–water partition coefficient (Wildman–Crippen LogP) is 2.32. The fourth-order valence-corrected chi connectivity index (χ4v) is 2.20. The van der Waals surface area contributed by atoms with Crippen LogP contribution in [0.15, 0.2) is 28.7 Å². The molecule has 0 aliphatic carbocycles. The zero-order valence-corrected chi connectivity index (χ0v) is 13.2. The van der Waals surface area contributed by atoms with Gasteiger partial charge in [0.2, 0.25) is 5.76 Å². The van der Waals surface area contributed by atoms with Gasteiger partial charge in [0.05, 0.1) is 0 Å². The predicted molar refractivity (Wildman–Crippen MR) is 68.5 cm³/mol. The molecule has 3 rings (SSSR count). The number of rotatable bonds is 2. The molecule has 1 N–H and O–H groups in total. The van der Waals surface area contributed by atoms with E-state index in [2.05, 4.69) is 10.2 Å². The van der Waals surface area contributed by atoms with Crippen molar-refractivity contribution in [3.8, 4) is 0 Å². The van der Waals surface area contributed by atoms with Crippen LogP contribution in [-0.4, -0.2) is 37.3 Å². The molecule has 1 aromatic carbocycles. The van der Waals surface area contributed by atoms with Crippen LogP contribution in [0.2, 0.25) is 0 Å². The van der Waals surface area contributed by atoms with E-state index in [-0.39, 0.29) is 38.5 Å². The minimum atomic E-state index is -1.04. The maximum Gasteiger partial charge on any atom is 0.371 e. The third-order valence-electron chi connectivity index (χ3n) is 3.13. The van der Waals surface area contributed by atoms with Crippen LogP contribution in [0.3, 0.4) is 0 Å². The molecule has 0 bridgehead atoms. The molecule has 97 valence electrons. The first-order valence-electron chi connectivity index (χ1n) is 5.89. The second-order valence-corrected chi connectivity index (χ2v) is 4.30. The third-order valence-corrected chi connectivity index (χ3v) is 3.13. The zero-order valence-electron chi connectivity index (χ0n) is 10.4. The van der Waals surface area contributed by atoms with Gasteiger partial charge in [-0.05, 0) is 37.4 Å². The molecule has 2 aromatic rings. The minimum Gasteiger partial charge on any atom is -0.659 e. The van der Waals surface area contributed by atoms with Gasteiger partial charge in [-0.3, -0.25) is 0 Å². The molecule has 1 saturated heterocycles. The Morgan fingerprint density at radius 1 is 1.26 bits per heavy atom. The molecule has 1 radical (unpaired) electrons. The van der Waals surface area contributed by atoms with Crippen molar-refractivity contribution in [2.75, 3.05) is 31.1 Å². The van der Waals surface area contributed by atoms with Gasteiger partial charge in [-0.25, -0.2) is 4.79 Å². The Balaban J connectivity index is 0.00000133. The minimum absolute atomic E-state index is 0. The van der Waals surface area contributed by atoms with E-state index in [1.807, 2.05) is 18.2 Å². The first-order valence-corrected chi connectivity index (χ1v) is 5.89. The van der Waals surface area contributed by atoms with Gasteiger partial charge < -0.3 is 19.7 Å². The standard InChI is InChI=1S/C13H13N2O3.Y/c16-13(17)12-8-9-7-10(1-2-11(9)18-12)15-5-3-14-4-6-15;/h1-2,7-8H,3-6H2,(H,16,17);/q-1;. The Morgan fingerprint density at radius 3 is 2.68 bits per heavy atom. The van der Waals surface area contributed by atoms with Crippen molar-refractivity contribution in [3.63, 3.8) is 0 Å². The van der Waals surface area contributed by atoms with Crippen molar-refractivity contribution in [2.24, 2.45) is 0 Å². The first-order chi connectivity index (χ1) is 8.74. The monoisotopic (exact) mass is 334 g/mol. The van der Waals surface area contributed by atoms with Gasteiger partial charge in [-0.2, -0.15) is 0 Å². The van der Waals surface area contributed by atoms with E-state index >= 15 is 0 Å². The normalized spacial score (nSPS) is 15.3. The molecule has 0 spiro atoms. The molecule has 19 heavy (non-hydrogen) atoms. The Morgan fingerprint density at radius 2 is 2.00 bits per heavy atom. The number of carboxylic acids is 1. The average molecular weight is 334 g/mol. The maximum absolute atomic E-state index is 10.8. The molecule has 2 heterocycles. The van der Waals surface area contributed by atoms with Crippen LogP contribution in [0, 0.1) is 0 Å². The van der Waals surface area contributed by atoms with Crippen LogP contribution < -0.4 is 4.90 Å². The summed E-state index contributed by atoms with van der Waals surface area (Å²) in [6.45, 7) is 3.53. The smallest absolute Gasteiger partial charge is 0.371 e. The van der Waals surface area contributed by atoms with Crippen molar-refractivity contribution >= 4 is 22.6 Å². The average Bonchev–Trinajstić information content (AvgIpc) is 2.82. The van der Waals surface area contributed by atoms with Gasteiger partial charge in [0.1, 0.15) is 5.58 Å². The number of anilines is 1. The van der Waals surface area contributed by atoms with E-state index in [4.69, 9.17) is 9.52 Å². The fourth-order valence-electron chi connectivity index (χ4n) is 2.20. The van der Waals surface area contributed by atoms with E-state index in [1.54, 1.807) is 6.07 Å². The Hall–Kier alpha value is -0.906. The van der Waals surface area contributed by atoms with E-state index in [0.29, 0.717) is 5.58 Å². The summed E-state index contributed by atoms with van der Waals surface area (Å²) < 4.78 is 5.24. The van der Waals surface area contributed by atoms with Crippen LogP contribution in [0.5, 0.6) is 0 Å². The first kappa shape index (κ1) is 14.5. The van der Waals surface area contributed by atoms with E-state index in [1.165, 1.54) is 0 Å². The molecule has 1 fully saturated rings. The molecule has 5 nitrogen and oxygen atoms in total. The number of hydrogen-bond donors (Lipinski definition) is 1. The molecule has 0 saturated carbocycles.